The molecule has 26 heavy (non-hydrogen) atoms. The first-order valence-corrected chi connectivity index (χ1v) is 9.44. The Morgan fingerprint density at radius 3 is 2.73 bits per heavy atom. The summed E-state index contributed by atoms with van der Waals surface area (Å²) in [7, 11) is 0. The number of carbonyl (C=O) groups is 3. The number of likely N-dealkylation sites (tertiary alicyclic amines) is 1. The van der Waals surface area contributed by atoms with Gasteiger partial charge in [0.25, 0.3) is 0 Å². The molecular formula is C19H27N3O4. The van der Waals surface area contributed by atoms with E-state index >= 15 is 0 Å². The molecule has 1 aliphatic heterocycles. The van der Waals surface area contributed by atoms with E-state index in [1.807, 2.05) is 13.0 Å². The first-order chi connectivity index (χ1) is 12.5. The number of amides is 3. The van der Waals surface area contributed by atoms with Gasteiger partial charge in [-0.05, 0) is 31.9 Å². The first kappa shape index (κ1) is 18.5. The third-order valence-electron chi connectivity index (χ3n) is 5.35. The van der Waals surface area contributed by atoms with Gasteiger partial charge in [0, 0.05) is 19.5 Å². The van der Waals surface area contributed by atoms with Gasteiger partial charge >= 0.3 is 0 Å². The van der Waals surface area contributed by atoms with Crippen LogP contribution in [0.1, 0.15) is 51.2 Å². The Hall–Kier alpha value is -2.31. The van der Waals surface area contributed by atoms with Gasteiger partial charge in [0.15, 0.2) is 0 Å². The van der Waals surface area contributed by atoms with Crippen LogP contribution in [0.2, 0.25) is 0 Å². The standard InChI is InChI=1S/C19H27N3O4/c1-2-20-18(25)19(8-4-3-5-9-19)21-17(24)14-11-16(23)22(12-14)13-15-7-6-10-26-15/h6-7,10,14H,2-5,8-9,11-13H2,1H3,(H,20,25)(H,21,24)/t14-/m0/s1. The van der Waals surface area contributed by atoms with Crippen LogP contribution in [0.15, 0.2) is 22.8 Å². The van der Waals surface area contributed by atoms with Crippen molar-refractivity contribution in [2.75, 3.05) is 13.1 Å². The van der Waals surface area contributed by atoms with Crippen LogP contribution in [0.5, 0.6) is 0 Å². The molecule has 1 saturated carbocycles. The zero-order chi connectivity index (χ0) is 18.6. The Morgan fingerprint density at radius 2 is 2.08 bits per heavy atom. The molecule has 0 aromatic carbocycles. The Bertz CT molecular complexity index is 650. The quantitative estimate of drug-likeness (QED) is 0.805. The van der Waals surface area contributed by atoms with Crippen molar-refractivity contribution >= 4 is 17.7 Å². The number of nitrogens with zero attached hydrogens (tertiary/aromatic N) is 1. The lowest BCUT2D eigenvalue weighted by molar-refractivity contribution is -0.136. The average molecular weight is 361 g/mol. The molecule has 0 radical (unpaired) electrons. The van der Waals surface area contributed by atoms with E-state index in [4.69, 9.17) is 4.42 Å². The molecule has 2 aliphatic rings. The van der Waals surface area contributed by atoms with Gasteiger partial charge < -0.3 is 20.0 Å². The second-order valence-electron chi connectivity index (χ2n) is 7.25. The van der Waals surface area contributed by atoms with Crippen LogP contribution in [-0.2, 0) is 20.9 Å². The van der Waals surface area contributed by atoms with Crippen LogP contribution >= 0.6 is 0 Å². The summed E-state index contributed by atoms with van der Waals surface area (Å²) in [5.41, 5.74) is -0.831. The van der Waals surface area contributed by atoms with E-state index in [1.54, 1.807) is 17.2 Å². The zero-order valence-electron chi connectivity index (χ0n) is 15.3. The molecule has 0 bridgehead atoms. The maximum absolute atomic E-state index is 12.8. The molecule has 1 aromatic heterocycles. The maximum atomic E-state index is 12.8. The van der Waals surface area contributed by atoms with E-state index in [9.17, 15) is 14.4 Å². The Morgan fingerprint density at radius 1 is 1.31 bits per heavy atom. The van der Waals surface area contributed by atoms with Crippen molar-refractivity contribution < 1.29 is 18.8 Å². The third kappa shape index (κ3) is 3.92. The van der Waals surface area contributed by atoms with Gasteiger partial charge in [-0.15, -0.1) is 0 Å². The van der Waals surface area contributed by atoms with Crippen molar-refractivity contribution in [3.63, 3.8) is 0 Å². The molecule has 3 amide bonds. The normalized spacial score (nSPS) is 22.3. The lowest BCUT2D eigenvalue weighted by Gasteiger charge is -2.37. The van der Waals surface area contributed by atoms with E-state index in [0.29, 0.717) is 38.2 Å². The van der Waals surface area contributed by atoms with E-state index in [1.165, 1.54) is 0 Å². The fourth-order valence-corrected chi connectivity index (χ4v) is 3.92. The highest BCUT2D eigenvalue weighted by molar-refractivity contribution is 5.94. The maximum Gasteiger partial charge on any atom is 0.245 e. The zero-order valence-corrected chi connectivity index (χ0v) is 15.3. The summed E-state index contributed by atoms with van der Waals surface area (Å²) in [6.45, 7) is 3.14. The van der Waals surface area contributed by atoms with Gasteiger partial charge in [-0.25, -0.2) is 0 Å². The Labute approximate surface area is 153 Å². The molecule has 1 atom stereocenters. The Kier molecular flexibility index (Phi) is 5.64. The largest absolute Gasteiger partial charge is 0.467 e. The van der Waals surface area contributed by atoms with E-state index in [2.05, 4.69) is 10.6 Å². The minimum atomic E-state index is -0.831. The molecule has 3 rings (SSSR count). The average Bonchev–Trinajstić information content (AvgIpc) is 3.27. The van der Waals surface area contributed by atoms with Crippen molar-refractivity contribution in [1.29, 1.82) is 0 Å². The molecule has 1 saturated heterocycles. The van der Waals surface area contributed by atoms with Crippen LogP contribution in [-0.4, -0.2) is 41.2 Å². The van der Waals surface area contributed by atoms with Crippen LogP contribution in [0, 0.1) is 5.92 Å². The second-order valence-corrected chi connectivity index (χ2v) is 7.25. The predicted molar refractivity (Wildman–Crippen MR) is 94.9 cm³/mol. The van der Waals surface area contributed by atoms with E-state index < -0.39 is 11.5 Å². The summed E-state index contributed by atoms with van der Waals surface area (Å²) >= 11 is 0. The summed E-state index contributed by atoms with van der Waals surface area (Å²) in [6, 6.07) is 3.59. The number of hydrogen-bond acceptors (Lipinski definition) is 4. The lowest BCUT2D eigenvalue weighted by Crippen LogP contribution is -2.60. The number of rotatable bonds is 6. The molecule has 0 spiro atoms. The summed E-state index contributed by atoms with van der Waals surface area (Å²) in [6.07, 6.45) is 5.98. The van der Waals surface area contributed by atoms with E-state index in [0.717, 1.165) is 19.3 Å². The van der Waals surface area contributed by atoms with Gasteiger partial charge in [-0.2, -0.15) is 0 Å². The monoisotopic (exact) mass is 361 g/mol. The molecule has 2 fully saturated rings. The number of nitrogens with one attached hydrogen (secondary N) is 2. The molecule has 1 aliphatic carbocycles. The SMILES string of the molecule is CCNC(=O)C1(NC(=O)[C@H]2CC(=O)N(Cc3ccco3)C2)CCCCC1. The number of furan rings is 1. The van der Waals surface area contributed by atoms with Gasteiger partial charge in [0.2, 0.25) is 17.7 Å². The first-order valence-electron chi connectivity index (χ1n) is 9.44. The molecule has 7 heteroatoms. The molecule has 142 valence electrons. The highest BCUT2D eigenvalue weighted by Crippen LogP contribution is 2.30. The van der Waals surface area contributed by atoms with Gasteiger partial charge in [-0.3, -0.25) is 14.4 Å². The van der Waals surface area contributed by atoms with Crippen molar-refractivity contribution in [2.45, 2.75) is 57.5 Å². The summed E-state index contributed by atoms with van der Waals surface area (Å²) in [5.74, 6) is -0.0910. The molecule has 1 aromatic rings. The lowest BCUT2D eigenvalue weighted by atomic mass is 9.80. The summed E-state index contributed by atoms with van der Waals surface area (Å²) in [5, 5.41) is 5.86. The van der Waals surface area contributed by atoms with Crippen molar-refractivity contribution in [1.82, 2.24) is 15.5 Å². The van der Waals surface area contributed by atoms with E-state index in [-0.39, 0.29) is 24.1 Å². The fourth-order valence-electron chi connectivity index (χ4n) is 3.92. The number of carbonyl (C=O) groups excluding carboxylic acids is 3. The minimum Gasteiger partial charge on any atom is -0.467 e. The molecule has 2 N–H and O–H groups in total. The molecule has 0 unspecified atom stereocenters. The number of likely N-dealkylation sites (N-methyl/N-ethyl adjacent to an activating group) is 1. The van der Waals surface area contributed by atoms with Gasteiger partial charge in [-0.1, -0.05) is 19.3 Å². The van der Waals surface area contributed by atoms with Crippen LogP contribution in [0.25, 0.3) is 0 Å². The molecule has 2 heterocycles. The van der Waals surface area contributed by atoms with Crippen molar-refractivity contribution in [2.24, 2.45) is 5.92 Å². The highest BCUT2D eigenvalue weighted by atomic mass is 16.3. The molecular weight excluding hydrogens is 334 g/mol. The predicted octanol–water partition coefficient (Wildman–Crippen LogP) is 1.58. The second kappa shape index (κ2) is 7.93. The summed E-state index contributed by atoms with van der Waals surface area (Å²) < 4.78 is 5.29. The van der Waals surface area contributed by atoms with Crippen molar-refractivity contribution in [3.8, 4) is 0 Å². The fraction of sp³-hybridized carbons (Fsp3) is 0.632. The third-order valence-corrected chi connectivity index (χ3v) is 5.35. The Balaban J connectivity index is 1.64. The number of hydrogen-bond donors (Lipinski definition) is 2. The van der Waals surface area contributed by atoms with Crippen LogP contribution in [0.3, 0.4) is 0 Å². The van der Waals surface area contributed by atoms with Gasteiger partial charge in [0.1, 0.15) is 11.3 Å². The van der Waals surface area contributed by atoms with Crippen LogP contribution in [0.4, 0.5) is 0 Å². The molecule has 7 nitrogen and oxygen atoms in total. The highest BCUT2D eigenvalue weighted by Gasteiger charge is 2.43. The summed E-state index contributed by atoms with van der Waals surface area (Å²) in [4.78, 5) is 39.3. The van der Waals surface area contributed by atoms with Crippen LogP contribution < -0.4 is 10.6 Å². The minimum absolute atomic E-state index is 0.0581. The van der Waals surface area contributed by atoms with Crippen molar-refractivity contribution in [3.05, 3.63) is 24.2 Å². The topological polar surface area (TPSA) is 91.7 Å². The van der Waals surface area contributed by atoms with Gasteiger partial charge in [0.05, 0.1) is 18.7 Å². The smallest absolute Gasteiger partial charge is 0.245 e.